The van der Waals surface area contributed by atoms with Gasteiger partial charge >= 0.3 is 0 Å². The molecule has 1 aliphatic carbocycles. The first-order valence-electron chi connectivity index (χ1n) is 7.87. The van der Waals surface area contributed by atoms with Gasteiger partial charge in [-0.05, 0) is 41.8 Å². The molecule has 1 saturated heterocycles. The molecule has 0 aromatic carbocycles. The largest absolute Gasteiger partial charge is 0.373 e. The van der Waals surface area contributed by atoms with E-state index in [0.29, 0.717) is 17.8 Å². The monoisotopic (exact) mass is 301 g/mol. The fourth-order valence-electron chi connectivity index (χ4n) is 3.63. The second-order valence-corrected chi connectivity index (χ2v) is 6.33. The number of pyridine rings is 1. The van der Waals surface area contributed by atoms with Gasteiger partial charge in [0.1, 0.15) is 0 Å². The Morgan fingerprint density at radius 1 is 1.36 bits per heavy atom. The molecular formula is C15H19N5O2. The maximum Gasteiger partial charge on any atom is 0.251 e. The minimum absolute atomic E-state index is 0.0110. The minimum atomic E-state index is -0.0908. The molecule has 116 valence electrons. The zero-order valence-corrected chi connectivity index (χ0v) is 12.4. The molecule has 2 fully saturated rings. The first-order chi connectivity index (χ1) is 10.7. The smallest absolute Gasteiger partial charge is 0.251 e. The summed E-state index contributed by atoms with van der Waals surface area (Å²) < 4.78 is 7.57. The number of carbonyl (C=O) groups is 1. The highest BCUT2D eigenvalue weighted by Crippen LogP contribution is 2.39. The van der Waals surface area contributed by atoms with E-state index in [1.807, 2.05) is 0 Å². The van der Waals surface area contributed by atoms with E-state index in [4.69, 9.17) is 4.74 Å². The predicted octanol–water partition coefficient (Wildman–Crippen LogP) is 1.35. The van der Waals surface area contributed by atoms with Gasteiger partial charge in [0.2, 0.25) is 0 Å². The lowest BCUT2D eigenvalue weighted by Gasteiger charge is -2.32. The maximum atomic E-state index is 12.4. The molecule has 0 unspecified atom stereocenters. The summed E-state index contributed by atoms with van der Waals surface area (Å²) in [7, 11) is 0. The molecule has 1 amide bonds. The third-order valence-corrected chi connectivity index (χ3v) is 4.77. The van der Waals surface area contributed by atoms with Crippen LogP contribution < -0.4 is 5.32 Å². The van der Waals surface area contributed by atoms with Crippen LogP contribution in [-0.4, -0.2) is 44.2 Å². The van der Waals surface area contributed by atoms with E-state index in [1.165, 1.54) is 23.8 Å². The lowest BCUT2D eigenvalue weighted by molar-refractivity contribution is -0.0246. The molecule has 1 spiro atoms. The molecule has 2 aromatic rings. The SMILES string of the molecule is O=C(N[C@@H]1COC2(CCCCC2)C1)c1ccn2nnnc2c1. The van der Waals surface area contributed by atoms with Gasteiger partial charge in [-0.15, -0.1) is 5.10 Å². The quantitative estimate of drug-likeness (QED) is 0.905. The number of amides is 1. The van der Waals surface area contributed by atoms with Crippen molar-refractivity contribution in [3.63, 3.8) is 0 Å². The van der Waals surface area contributed by atoms with E-state index >= 15 is 0 Å². The standard InChI is InChI=1S/C15H19N5O2/c21-14(11-4-7-20-13(8-11)17-18-19-20)16-12-9-15(22-10-12)5-2-1-3-6-15/h4,7-8,12H,1-3,5-6,9-10H2,(H,16,21)/t12-/m0/s1. The molecule has 4 rings (SSSR count). The van der Waals surface area contributed by atoms with Crippen LogP contribution in [0.2, 0.25) is 0 Å². The third-order valence-electron chi connectivity index (χ3n) is 4.77. The van der Waals surface area contributed by atoms with Gasteiger partial charge in [0.05, 0.1) is 18.2 Å². The molecule has 2 aliphatic rings. The Labute approximate surface area is 128 Å². The van der Waals surface area contributed by atoms with Crippen LogP contribution >= 0.6 is 0 Å². The molecule has 1 saturated carbocycles. The summed E-state index contributed by atoms with van der Waals surface area (Å²) in [5.74, 6) is -0.0908. The number of aromatic nitrogens is 4. The van der Waals surface area contributed by atoms with Crippen LogP contribution in [-0.2, 0) is 4.74 Å². The number of hydrogen-bond donors (Lipinski definition) is 1. The zero-order valence-electron chi connectivity index (χ0n) is 12.4. The molecule has 1 N–H and O–H groups in total. The van der Waals surface area contributed by atoms with Gasteiger partial charge in [-0.2, -0.15) is 0 Å². The van der Waals surface area contributed by atoms with Crippen molar-refractivity contribution in [3.05, 3.63) is 23.9 Å². The highest BCUT2D eigenvalue weighted by molar-refractivity contribution is 5.95. The molecule has 0 radical (unpaired) electrons. The van der Waals surface area contributed by atoms with Gasteiger partial charge in [0.25, 0.3) is 5.91 Å². The average Bonchev–Trinajstić information content (AvgIpc) is 3.15. The fraction of sp³-hybridized carbons (Fsp3) is 0.600. The van der Waals surface area contributed by atoms with Crippen LogP contribution in [0, 0.1) is 0 Å². The van der Waals surface area contributed by atoms with Crippen molar-refractivity contribution in [2.45, 2.75) is 50.2 Å². The van der Waals surface area contributed by atoms with Crippen LogP contribution in [0.1, 0.15) is 48.9 Å². The number of rotatable bonds is 2. The van der Waals surface area contributed by atoms with Crippen molar-refractivity contribution in [1.29, 1.82) is 0 Å². The van der Waals surface area contributed by atoms with E-state index in [9.17, 15) is 4.79 Å². The Morgan fingerprint density at radius 2 is 2.23 bits per heavy atom. The Balaban J connectivity index is 1.43. The van der Waals surface area contributed by atoms with E-state index in [2.05, 4.69) is 20.8 Å². The predicted molar refractivity (Wildman–Crippen MR) is 78.4 cm³/mol. The highest BCUT2D eigenvalue weighted by atomic mass is 16.5. The lowest BCUT2D eigenvalue weighted by Crippen LogP contribution is -2.37. The number of tetrazole rings is 1. The van der Waals surface area contributed by atoms with Crippen LogP contribution in [0.25, 0.3) is 5.65 Å². The molecule has 7 nitrogen and oxygen atoms in total. The summed E-state index contributed by atoms with van der Waals surface area (Å²) >= 11 is 0. The lowest BCUT2D eigenvalue weighted by atomic mass is 9.82. The van der Waals surface area contributed by atoms with Gasteiger partial charge in [0.15, 0.2) is 5.65 Å². The molecule has 1 aliphatic heterocycles. The molecule has 0 bridgehead atoms. The van der Waals surface area contributed by atoms with Crippen molar-refractivity contribution in [1.82, 2.24) is 25.4 Å². The topological polar surface area (TPSA) is 81.4 Å². The summed E-state index contributed by atoms with van der Waals surface area (Å²) in [5, 5.41) is 14.3. The third kappa shape index (κ3) is 2.45. The number of nitrogens with one attached hydrogen (secondary N) is 1. The van der Waals surface area contributed by atoms with Gasteiger partial charge in [0, 0.05) is 11.8 Å². The molecule has 2 aromatic heterocycles. The van der Waals surface area contributed by atoms with Crippen LogP contribution in [0.4, 0.5) is 0 Å². The van der Waals surface area contributed by atoms with E-state index in [-0.39, 0.29) is 17.6 Å². The van der Waals surface area contributed by atoms with Gasteiger partial charge in [-0.25, -0.2) is 4.52 Å². The molecule has 22 heavy (non-hydrogen) atoms. The van der Waals surface area contributed by atoms with Crippen molar-refractivity contribution in [2.24, 2.45) is 0 Å². The van der Waals surface area contributed by atoms with E-state index in [0.717, 1.165) is 19.3 Å². The average molecular weight is 301 g/mol. The number of fused-ring (bicyclic) bond motifs is 1. The fourth-order valence-corrected chi connectivity index (χ4v) is 3.63. The van der Waals surface area contributed by atoms with Crippen molar-refractivity contribution >= 4 is 11.6 Å². The van der Waals surface area contributed by atoms with Crippen molar-refractivity contribution < 1.29 is 9.53 Å². The van der Waals surface area contributed by atoms with Crippen LogP contribution in [0.5, 0.6) is 0 Å². The summed E-state index contributed by atoms with van der Waals surface area (Å²) in [6.45, 7) is 0.612. The summed E-state index contributed by atoms with van der Waals surface area (Å²) in [4.78, 5) is 12.4. The molecule has 7 heteroatoms. The summed E-state index contributed by atoms with van der Waals surface area (Å²) in [5.41, 5.74) is 1.16. The Kier molecular flexibility index (Phi) is 3.29. The first kappa shape index (κ1) is 13.6. The highest BCUT2D eigenvalue weighted by Gasteiger charge is 2.41. The summed E-state index contributed by atoms with van der Waals surface area (Å²) in [6, 6.07) is 3.52. The minimum Gasteiger partial charge on any atom is -0.373 e. The van der Waals surface area contributed by atoms with Gasteiger partial charge in [-0.3, -0.25) is 4.79 Å². The molecule has 1 atom stereocenters. The number of hydrogen-bond acceptors (Lipinski definition) is 5. The second kappa shape index (κ2) is 5.31. The number of ether oxygens (including phenoxy) is 1. The molecule has 3 heterocycles. The van der Waals surface area contributed by atoms with Gasteiger partial charge < -0.3 is 10.1 Å². The van der Waals surface area contributed by atoms with E-state index in [1.54, 1.807) is 18.3 Å². The molecular weight excluding hydrogens is 282 g/mol. The van der Waals surface area contributed by atoms with Crippen LogP contribution in [0.3, 0.4) is 0 Å². The number of nitrogens with zero attached hydrogens (tertiary/aromatic N) is 4. The van der Waals surface area contributed by atoms with Gasteiger partial charge in [-0.1, -0.05) is 19.3 Å². The Morgan fingerprint density at radius 3 is 3.09 bits per heavy atom. The first-order valence-corrected chi connectivity index (χ1v) is 7.87. The Bertz CT molecular complexity index is 692. The zero-order chi connectivity index (χ0) is 15.0. The van der Waals surface area contributed by atoms with E-state index < -0.39 is 0 Å². The maximum absolute atomic E-state index is 12.4. The number of carbonyl (C=O) groups excluding carboxylic acids is 1. The van der Waals surface area contributed by atoms with Crippen molar-refractivity contribution in [3.8, 4) is 0 Å². The Hall–Kier alpha value is -2.02. The normalized spacial score (nSPS) is 23.9. The van der Waals surface area contributed by atoms with Crippen LogP contribution in [0.15, 0.2) is 18.3 Å². The second-order valence-electron chi connectivity index (χ2n) is 6.33. The summed E-state index contributed by atoms with van der Waals surface area (Å²) in [6.07, 6.45) is 8.63. The van der Waals surface area contributed by atoms with Crippen molar-refractivity contribution in [2.75, 3.05) is 6.61 Å².